The summed E-state index contributed by atoms with van der Waals surface area (Å²) in [6.07, 6.45) is 5.90. The van der Waals surface area contributed by atoms with E-state index in [1.165, 1.54) is 16.5 Å². The van der Waals surface area contributed by atoms with Gasteiger partial charge in [-0.05, 0) is 176 Å². The minimum Gasteiger partial charge on any atom is -0.458 e. The Bertz CT molecular complexity index is 4430. The van der Waals surface area contributed by atoms with Gasteiger partial charge in [0.05, 0.1) is 33.4 Å². The van der Waals surface area contributed by atoms with Crippen LogP contribution in [-0.4, -0.2) is 14.1 Å². The van der Waals surface area contributed by atoms with Crippen molar-refractivity contribution < 1.29 is 9.30 Å². The van der Waals surface area contributed by atoms with E-state index in [2.05, 4.69) is 315 Å². The van der Waals surface area contributed by atoms with Crippen LogP contribution >= 0.6 is 0 Å². The largest absolute Gasteiger partial charge is 0.458 e. The Morgan fingerprint density at radius 1 is 0.402 bits per heavy atom. The van der Waals surface area contributed by atoms with Gasteiger partial charge in [0.1, 0.15) is 17.3 Å². The van der Waals surface area contributed by atoms with Crippen molar-refractivity contribution in [1.29, 1.82) is 0 Å². The van der Waals surface area contributed by atoms with E-state index in [0.717, 1.165) is 117 Å². The van der Waals surface area contributed by atoms with E-state index in [1.807, 2.05) is 12.3 Å². The second-order valence-corrected chi connectivity index (χ2v) is 22.3. The number of benzene rings is 11. The van der Waals surface area contributed by atoms with Gasteiger partial charge in [-0.1, -0.05) is 202 Å². The topological polar surface area (TPSA) is 35.9 Å². The van der Waals surface area contributed by atoms with Gasteiger partial charge < -0.3 is 4.74 Å². The molecule has 0 saturated carbocycles. The average Bonchev–Trinajstić information content (AvgIpc) is 3.23. The number of pyridine rings is 1. The Kier molecular flexibility index (Phi) is 12.6. The highest BCUT2D eigenvalue weighted by molar-refractivity contribution is 6.10. The number of hydrogen-bond acceptors (Lipinski definition) is 2. The first-order valence-corrected chi connectivity index (χ1v) is 28.1. The van der Waals surface area contributed by atoms with Gasteiger partial charge in [-0.2, -0.15) is 0 Å². The van der Waals surface area contributed by atoms with Crippen molar-refractivity contribution in [2.45, 2.75) is 33.1 Å². The number of rotatable bonds is 11. The van der Waals surface area contributed by atoms with Crippen LogP contribution in [0.4, 0.5) is 0 Å². The van der Waals surface area contributed by atoms with Gasteiger partial charge in [0, 0.05) is 23.0 Å². The average molecular weight is 1060 g/mol. The van der Waals surface area contributed by atoms with Crippen LogP contribution in [0.25, 0.3) is 117 Å². The number of ether oxygens (including phenoxy) is 1. The summed E-state index contributed by atoms with van der Waals surface area (Å²) in [5.41, 5.74) is 22.0. The molecule has 0 spiro atoms. The molecular weight excluding hydrogens is 997 g/mol. The molecule has 0 fully saturated rings. The van der Waals surface area contributed by atoms with Crippen molar-refractivity contribution in [3.63, 3.8) is 0 Å². The molecular formula is C77H58N4O. The van der Waals surface area contributed by atoms with E-state index >= 15 is 0 Å². The molecule has 0 aliphatic rings. The third-order valence-corrected chi connectivity index (χ3v) is 15.8. The van der Waals surface area contributed by atoms with E-state index in [1.54, 1.807) is 0 Å². The summed E-state index contributed by atoms with van der Waals surface area (Å²) in [5, 5.41) is 2.33. The summed E-state index contributed by atoms with van der Waals surface area (Å²) in [5.74, 6) is 2.32. The maximum Gasteiger partial charge on any atom is 0.269 e. The Morgan fingerprint density at radius 3 is 1.50 bits per heavy atom. The molecule has 0 aliphatic carbocycles. The Balaban J connectivity index is 0.951. The molecule has 0 aliphatic heterocycles. The summed E-state index contributed by atoms with van der Waals surface area (Å²) in [4.78, 5) is 4.95. The summed E-state index contributed by atoms with van der Waals surface area (Å²) in [7, 11) is 0. The highest BCUT2D eigenvalue weighted by atomic mass is 16.5. The molecule has 11 aromatic carbocycles. The molecule has 0 atom stereocenters. The fourth-order valence-electron chi connectivity index (χ4n) is 11.7. The molecule has 0 amide bonds. The lowest BCUT2D eigenvalue weighted by molar-refractivity contribution is -0.571. The summed E-state index contributed by atoms with van der Waals surface area (Å²) < 4.78 is 13.6. The molecule has 14 aromatic rings. The van der Waals surface area contributed by atoms with Crippen molar-refractivity contribution >= 4 is 32.8 Å². The second-order valence-electron chi connectivity index (χ2n) is 22.3. The minimum atomic E-state index is -0.0398. The maximum atomic E-state index is 6.92. The molecule has 392 valence electrons. The number of imidazole rings is 1. The SMILES string of the molecule is Cc1ccc2c(c1)c1ccc(Oc3cccc(-n4[c-][n+](-c5c(-c6cc(-c7ccccc7)cc(-c7ccccc7)c6)cccc5-c5cc(-c6ccccc6)cc(-c6ccccc6)c5)c5ccccc54)c3)cc1n2-c1cc(C(C)(C)C)ccn1. The van der Waals surface area contributed by atoms with Crippen LogP contribution in [0, 0.1) is 13.3 Å². The quantitative estimate of drug-likeness (QED) is 0.0956. The standard InChI is InChI=1S/C77H58N4O/c1-52-35-38-71-70(41-52)69-37-36-66(50-74(69)81(71)75-48-63(39-40-78-75)77(2,3)4)82-65-30-19-29-64(49-65)79-51-80(73-34-18-17-33-72(73)79)76-67(61-44-57(53-21-9-5-10-22-53)42-58(45-61)54-23-11-6-12-24-54)31-20-32-68(76)62-46-59(55-25-13-7-14-26-55)43-60(47-62)56-27-15-8-16-28-56/h5-50H,1-4H3. The molecule has 0 bridgehead atoms. The van der Waals surface area contributed by atoms with Crippen LogP contribution in [0.5, 0.6) is 11.5 Å². The van der Waals surface area contributed by atoms with Crippen LogP contribution in [0.3, 0.4) is 0 Å². The van der Waals surface area contributed by atoms with Crippen LogP contribution in [0.15, 0.2) is 279 Å². The van der Waals surface area contributed by atoms with Crippen molar-refractivity contribution in [3.8, 4) is 95.5 Å². The zero-order chi connectivity index (χ0) is 55.3. The third-order valence-electron chi connectivity index (χ3n) is 15.8. The van der Waals surface area contributed by atoms with Gasteiger partial charge in [-0.3, -0.25) is 13.7 Å². The number of fused-ring (bicyclic) bond motifs is 4. The highest BCUT2D eigenvalue weighted by Crippen LogP contribution is 2.42. The predicted octanol–water partition coefficient (Wildman–Crippen LogP) is 19.6. The maximum absolute atomic E-state index is 6.92. The first kappa shape index (κ1) is 49.9. The zero-order valence-corrected chi connectivity index (χ0v) is 46.3. The van der Waals surface area contributed by atoms with Gasteiger partial charge in [-0.25, -0.2) is 4.98 Å². The lowest BCUT2D eigenvalue weighted by Crippen LogP contribution is -2.31. The fourth-order valence-corrected chi connectivity index (χ4v) is 11.7. The summed E-state index contributed by atoms with van der Waals surface area (Å²) >= 11 is 0. The Labute approximate surface area is 478 Å². The van der Waals surface area contributed by atoms with Crippen LogP contribution in [0.1, 0.15) is 31.9 Å². The van der Waals surface area contributed by atoms with Gasteiger partial charge in [0.15, 0.2) is 0 Å². The molecule has 3 heterocycles. The first-order valence-electron chi connectivity index (χ1n) is 28.1. The van der Waals surface area contributed by atoms with Gasteiger partial charge in [0.25, 0.3) is 6.33 Å². The first-order chi connectivity index (χ1) is 40.2. The third kappa shape index (κ3) is 9.42. The molecule has 5 heteroatoms. The van der Waals surface area contributed by atoms with E-state index in [-0.39, 0.29) is 5.41 Å². The number of para-hydroxylation sites is 3. The number of hydrogen-bond donors (Lipinski definition) is 0. The highest BCUT2D eigenvalue weighted by Gasteiger charge is 2.23. The van der Waals surface area contributed by atoms with E-state index < -0.39 is 0 Å². The molecule has 0 unspecified atom stereocenters. The second kappa shape index (κ2) is 20.7. The molecule has 82 heavy (non-hydrogen) atoms. The van der Waals surface area contributed by atoms with Crippen molar-refractivity contribution in [2.24, 2.45) is 0 Å². The Hall–Kier alpha value is -10.4. The van der Waals surface area contributed by atoms with Crippen LogP contribution < -0.4 is 9.30 Å². The lowest BCUT2D eigenvalue weighted by Gasteiger charge is -2.20. The molecule has 3 aromatic heterocycles. The molecule has 5 nitrogen and oxygen atoms in total. The van der Waals surface area contributed by atoms with Gasteiger partial charge in [0.2, 0.25) is 0 Å². The van der Waals surface area contributed by atoms with Crippen molar-refractivity contribution in [3.05, 3.63) is 297 Å². The van der Waals surface area contributed by atoms with Crippen molar-refractivity contribution in [2.75, 3.05) is 0 Å². The van der Waals surface area contributed by atoms with Crippen LogP contribution in [-0.2, 0) is 5.41 Å². The van der Waals surface area contributed by atoms with Crippen LogP contribution in [0.2, 0.25) is 0 Å². The smallest absolute Gasteiger partial charge is 0.269 e. The predicted molar refractivity (Wildman–Crippen MR) is 338 cm³/mol. The monoisotopic (exact) mass is 1050 g/mol. The molecule has 0 N–H and O–H groups in total. The van der Waals surface area contributed by atoms with E-state index in [9.17, 15) is 0 Å². The summed E-state index contributed by atoms with van der Waals surface area (Å²) in [6, 6.07) is 97.9. The van der Waals surface area contributed by atoms with Gasteiger partial charge >= 0.3 is 0 Å². The normalized spacial score (nSPS) is 11.7. The molecule has 0 radical (unpaired) electrons. The fraction of sp³-hybridized carbons (Fsp3) is 0.0649. The zero-order valence-electron chi connectivity index (χ0n) is 46.3. The van der Waals surface area contributed by atoms with Gasteiger partial charge in [-0.15, -0.1) is 0 Å². The Morgan fingerprint density at radius 2 is 0.927 bits per heavy atom. The lowest BCUT2D eigenvalue weighted by atomic mass is 9.88. The van der Waals surface area contributed by atoms with E-state index in [0.29, 0.717) is 5.75 Å². The molecule has 14 rings (SSSR count). The number of nitrogens with zero attached hydrogens (tertiary/aromatic N) is 4. The molecule has 0 saturated heterocycles. The number of aryl methyl sites for hydroxylation is 1. The minimum absolute atomic E-state index is 0.0398. The van der Waals surface area contributed by atoms with Crippen molar-refractivity contribution in [1.82, 2.24) is 14.1 Å². The van der Waals surface area contributed by atoms with E-state index in [4.69, 9.17) is 9.72 Å². The number of aromatic nitrogens is 4. The summed E-state index contributed by atoms with van der Waals surface area (Å²) in [6.45, 7) is 8.88.